The molecule has 0 radical (unpaired) electrons. The standard InChI is InChI=1S/C13H22N2O2/c1-16-9-10-17-8-4-7-15-11-14-12-5-2-3-6-13(12)15/h11H,2-10H2,1H3. The summed E-state index contributed by atoms with van der Waals surface area (Å²) in [6.45, 7) is 3.20. The summed E-state index contributed by atoms with van der Waals surface area (Å²) in [4.78, 5) is 4.49. The number of methoxy groups -OCH3 is 1. The van der Waals surface area contributed by atoms with E-state index in [1.54, 1.807) is 7.11 Å². The van der Waals surface area contributed by atoms with Gasteiger partial charge in [0.25, 0.3) is 0 Å². The average Bonchev–Trinajstić information content (AvgIpc) is 2.77. The van der Waals surface area contributed by atoms with Gasteiger partial charge in [-0.2, -0.15) is 0 Å². The number of hydrogen-bond donors (Lipinski definition) is 0. The molecule has 1 aliphatic rings. The van der Waals surface area contributed by atoms with Crippen molar-refractivity contribution in [3.8, 4) is 0 Å². The topological polar surface area (TPSA) is 36.3 Å². The molecule has 1 heterocycles. The Hall–Kier alpha value is -0.870. The zero-order valence-corrected chi connectivity index (χ0v) is 10.7. The minimum atomic E-state index is 0.681. The predicted molar refractivity (Wildman–Crippen MR) is 66.2 cm³/mol. The first-order valence-electron chi connectivity index (χ1n) is 6.51. The summed E-state index contributed by atoms with van der Waals surface area (Å²) in [7, 11) is 1.70. The maximum Gasteiger partial charge on any atom is 0.0951 e. The molecule has 0 aliphatic heterocycles. The minimum absolute atomic E-state index is 0.681. The lowest BCUT2D eigenvalue weighted by atomic mass is 10.0. The fraction of sp³-hybridized carbons (Fsp3) is 0.769. The molecule has 96 valence electrons. The zero-order chi connectivity index (χ0) is 11.9. The van der Waals surface area contributed by atoms with Crippen LogP contribution in [0.15, 0.2) is 6.33 Å². The first-order valence-corrected chi connectivity index (χ1v) is 6.51. The van der Waals surface area contributed by atoms with Gasteiger partial charge in [0, 0.05) is 26.0 Å². The van der Waals surface area contributed by atoms with Crippen LogP contribution in [-0.2, 0) is 28.9 Å². The third-order valence-corrected chi connectivity index (χ3v) is 3.23. The highest BCUT2D eigenvalue weighted by atomic mass is 16.5. The molecule has 17 heavy (non-hydrogen) atoms. The van der Waals surface area contributed by atoms with Gasteiger partial charge in [-0.05, 0) is 32.1 Å². The van der Waals surface area contributed by atoms with Crippen molar-refractivity contribution in [1.82, 2.24) is 9.55 Å². The molecule has 0 aromatic carbocycles. The second-order valence-electron chi connectivity index (χ2n) is 4.50. The Bertz CT molecular complexity index is 336. The van der Waals surface area contributed by atoms with Gasteiger partial charge in [0.05, 0.1) is 25.2 Å². The lowest BCUT2D eigenvalue weighted by Gasteiger charge is -2.13. The number of fused-ring (bicyclic) bond motifs is 1. The summed E-state index contributed by atoms with van der Waals surface area (Å²) in [6.07, 6.45) is 8.00. The van der Waals surface area contributed by atoms with E-state index in [2.05, 4.69) is 9.55 Å². The summed E-state index contributed by atoms with van der Waals surface area (Å²) in [5.74, 6) is 0. The fourth-order valence-electron chi connectivity index (χ4n) is 2.30. The highest BCUT2D eigenvalue weighted by molar-refractivity contribution is 5.16. The Morgan fingerprint density at radius 1 is 1.24 bits per heavy atom. The maximum absolute atomic E-state index is 5.46. The van der Waals surface area contributed by atoms with Crippen LogP contribution in [0.25, 0.3) is 0 Å². The summed E-state index contributed by atoms with van der Waals surface area (Å²) in [5, 5.41) is 0. The average molecular weight is 238 g/mol. The molecule has 4 nitrogen and oxygen atoms in total. The van der Waals surface area contributed by atoms with Crippen LogP contribution < -0.4 is 0 Å². The van der Waals surface area contributed by atoms with E-state index in [-0.39, 0.29) is 0 Å². The summed E-state index contributed by atoms with van der Waals surface area (Å²) >= 11 is 0. The SMILES string of the molecule is COCCOCCCn1cnc2c1CCCC2. The summed E-state index contributed by atoms with van der Waals surface area (Å²) in [5.41, 5.74) is 2.77. The molecule has 1 aromatic rings. The molecule has 0 N–H and O–H groups in total. The van der Waals surface area contributed by atoms with Crippen molar-refractivity contribution < 1.29 is 9.47 Å². The molecule has 0 saturated carbocycles. The molecule has 0 atom stereocenters. The normalized spacial score (nSPS) is 14.9. The fourth-order valence-corrected chi connectivity index (χ4v) is 2.30. The van der Waals surface area contributed by atoms with Gasteiger partial charge in [-0.1, -0.05) is 0 Å². The van der Waals surface area contributed by atoms with Crippen molar-refractivity contribution in [2.24, 2.45) is 0 Å². The zero-order valence-electron chi connectivity index (χ0n) is 10.7. The molecule has 0 fully saturated rings. The lowest BCUT2D eigenvalue weighted by molar-refractivity contribution is 0.0679. The number of ether oxygens (including phenoxy) is 2. The largest absolute Gasteiger partial charge is 0.382 e. The first kappa shape index (κ1) is 12.6. The predicted octanol–water partition coefficient (Wildman–Crippen LogP) is 1.81. The van der Waals surface area contributed by atoms with E-state index >= 15 is 0 Å². The molecule has 1 aromatic heterocycles. The molecule has 0 spiro atoms. The summed E-state index contributed by atoms with van der Waals surface area (Å²) in [6, 6.07) is 0. The van der Waals surface area contributed by atoms with Gasteiger partial charge in [0.1, 0.15) is 0 Å². The third-order valence-electron chi connectivity index (χ3n) is 3.23. The number of aryl methyl sites for hydroxylation is 2. The monoisotopic (exact) mass is 238 g/mol. The van der Waals surface area contributed by atoms with E-state index in [1.165, 1.54) is 30.7 Å². The van der Waals surface area contributed by atoms with E-state index in [0.717, 1.165) is 26.0 Å². The van der Waals surface area contributed by atoms with E-state index < -0.39 is 0 Å². The van der Waals surface area contributed by atoms with Gasteiger partial charge in [-0.25, -0.2) is 4.98 Å². The van der Waals surface area contributed by atoms with E-state index in [9.17, 15) is 0 Å². The number of imidazole rings is 1. The van der Waals surface area contributed by atoms with Crippen molar-refractivity contribution >= 4 is 0 Å². The van der Waals surface area contributed by atoms with Gasteiger partial charge in [0.2, 0.25) is 0 Å². The second-order valence-corrected chi connectivity index (χ2v) is 4.50. The van der Waals surface area contributed by atoms with Crippen LogP contribution in [0.2, 0.25) is 0 Å². The van der Waals surface area contributed by atoms with Gasteiger partial charge in [-0.15, -0.1) is 0 Å². The van der Waals surface area contributed by atoms with Crippen molar-refractivity contribution in [3.63, 3.8) is 0 Å². The van der Waals surface area contributed by atoms with Crippen LogP contribution in [0.5, 0.6) is 0 Å². The Balaban J connectivity index is 1.70. The van der Waals surface area contributed by atoms with Crippen molar-refractivity contribution in [1.29, 1.82) is 0 Å². The van der Waals surface area contributed by atoms with Crippen molar-refractivity contribution in [2.45, 2.75) is 38.6 Å². The molecular formula is C13H22N2O2. The van der Waals surface area contributed by atoms with Gasteiger partial charge >= 0.3 is 0 Å². The molecular weight excluding hydrogens is 216 g/mol. The smallest absolute Gasteiger partial charge is 0.0951 e. The Kier molecular flexibility index (Phi) is 5.01. The summed E-state index contributed by atoms with van der Waals surface area (Å²) < 4.78 is 12.7. The highest BCUT2D eigenvalue weighted by Gasteiger charge is 2.14. The number of hydrogen-bond acceptors (Lipinski definition) is 3. The van der Waals surface area contributed by atoms with E-state index in [1.807, 2.05) is 6.33 Å². The van der Waals surface area contributed by atoms with E-state index in [0.29, 0.717) is 13.2 Å². The van der Waals surface area contributed by atoms with Crippen LogP contribution >= 0.6 is 0 Å². The van der Waals surface area contributed by atoms with E-state index in [4.69, 9.17) is 9.47 Å². The van der Waals surface area contributed by atoms with Crippen LogP contribution in [0.3, 0.4) is 0 Å². The maximum atomic E-state index is 5.46. The van der Waals surface area contributed by atoms with Gasteiger partial charge in [0.15, 0.2) is 0 Å². The number of aromatic nitrogens is 2. The van der Waals surface area contributed by atoms with Crippen LogP contribution in [0, 0.1) is 0 Å². The first-order chi connectivity index (χ1) is 8.42. The van der Waals surface area contributed by atoms with Crippen molar-refractivity contribution in [3.05, 3.63) is 17.7 Å². The number of nitrogens with zero attached hydrogens (tertiary/aromatic N) is 2. The Morgan fingerprint density at radius 3 is 3.00 bits per heavy atom. The van der Waals surface area contributed by atoms with Crippen LogP contribution in [0.4, 0.5) is 0 Å². The van der Waals surface area contributed by atoms with Crippen molar-refractivity contribution in [2.75, 3.05) is 26.9 Å². The third kappa shape index (κ3) is 3.54. The lowest BCUT2D eigenvalue weighted by Crippen LogP contribution is -2.10. The quantitative estimate of drug-likeness (QED) is 0.680. The van der Waals surface area contributed by atoms with Crippen LogP contribution in [-0.4, -0.2) is 36.5 Å². The highest BCUT2D eigenvalue weighted by Crippen LogP contribution is 2.19. The molecule has 2 rings (SSSR count). The molecule has 0 unspecified atom stereocenters. The molecule has 1 aliphatic carbocycles. The minimum Gasteiger partial charge on any atom is -0.382 e. The Labute approximate surface area is 103 Å². The molecule has 0 bridgehead atoms. The Morgan fingerprint density at radius 2 is 2.12 bits per heavy atom. The second kappa shape index (κ2) is 6.77. The molecule has 0 amide bonds. The molecule has 4 heteroatoms. The van der Waals surface area contributed by atoms with Crippen LogP contribution in [0.1, 0.15) is 30.7 Å². The van der Waals surface area contributed by atoms with Gasteiger partial charge in [-0.3, -0.25) is 0 Å². The molecule has 0 saturated heterocycles. The van der Waals surface area contributed by atoms with Gasteiger partial charge < -0.3 is 14.0 Å². The number of rotatable bonds is 7.